The van der Waals surface area contributed by atoms with Gasteiger partial charge in [-0.15, -0.1) is 0 Å². The first-order valence-electron chi connectivity index (χ1n) is 14.6. The van der Waals surface area contributed by atoms with E-state index in [1.807, 2.05) is 0 Å². The standard InChI is InChI=1S/C31H33F3N4O8S2/c1-19(2)21-8-6-11-26(45-16-27(39)36-14-7-12-28(40)41)29(21)48(43,44)38-24-10-5-4-9-22(24)37-30(38)47(42)17-23-20(3)25(13-15-35-23)46-18-31(32,33)34/h4-6,8-11,13,15,19H,7,12,14,16-18H2,1-3H3,(H,36,39)(H,40,41). The molecular weight excluding hydrogens is 677 g/mol. The topological polar surface area (TPSA) is 167 Å². The van der Waals surface area contributed by atoms with E-state index in [1.54, 1.807) is 38.1 Å². The van der Waals surface area contributed by atoms with Crippen molar-refractivity contribution in [3.8, 4) is 11.5 Å². The minimum absolute atomic E-state index is 0.0770. The number of ether oxygens (including phenoxy) is 2. The first-order valence-corrected chi connectivity index (χ1v) is 17.4. The number of hydrogen-bond acceptors (Lipinski definition) is 9. The van der Waals surface area contributed by atoms with Crippen molar-refractivity contribution in [1.82, 2.24) is 19.3 Å². The first-order chi connectivity index (χ1) is 22.6. The number of carboxylic acid groups (broad SMARTS) is 1. The van der Waals surface area contributed by atoms with Crippen LogP contribution in [0.5, 0.6) is 11.5 Å². The summed E-state index contributed by atoms with van der Waals surface area (Å²) in [5.41, 5.74) is 0.971. The highest BCUT2D eigenvalue weighted by molar-refractivity contribution is 7.91. The molecule has 0 fully saturated rings. The number of fused-ring (bicyclic) bond motifs is 1. The maximum atomic E-state index is 14.7. The number of carboxylic acids is 1. The normalized spacial score (nSPS) is 12.6. The molecule has 0 aliphatic rings. The summed E-state index contributed by atoms with van der Waals surface area (Å²) in [6.07, 6.45) is -3.33. The molecular formula is C31H33F3N4O8S2. The average molecular weight is 711 g/mol. The van der Waals surface area contributed by atoms with Crippen LogP contribution in [0.3, 0.4) is 0 Å². The van der Waals surface area contributed by atoms with Gasteiger partial charge in [0.25, 0.3) is 15.9 Å². The Kier molecular flexibility index (Phi) is 11.5. The number of nitrogens with one attached hydrogen (secondary N) is 1. The first kappa shape index (κ1) is 36.3. The van der Waals surface area contributed by atoms with Crippen molar-refractivity contribution in [3.05, 3.63) is 71.5 Å². The van der Waals surface area contributed by atoms with Crippen molar-refractivity contribution in [1.29, 1.82) is 0 Å². The Bertz CT molecular complexity index is 1950. The third-order valence-electron chi connectivity index (χ3n) is 6.99. The summed E-state index contributed by atoms with van der Waals surface area (Å²) >= 11 is 0. The maximum Gasteiger partial charge on any atom is 0.422 e. The number of carbonyl (C=O) groups excluding carboxylic acids is 1. The Balaban J connectivity index is 1.74. The molecule has 0 aliphatic carbocycles. The Morgan fingerprint density at radius 1 is 1.06 bits per heavy atom. The van der Waals surface area contributed by atoms with E-state index in [9.17, 15) is 35.4 Å². The molecule has 2 N–H and O–H groups in total. The van der Waals surface area contributed by atoms with Gasteiger partial charge in [0.2, 0.25) is 5.16 Å². The lowest BCUT2D eigenvalue weighted by atomic mass is 10.0. The number of aliphatic carboxylic acids is 1. The van der Waals surface area contributed by atoms with Crippen LogP contribution in [-0.2, 0) is 36.2 Å². The number of aromatic nitrogens is 3. The van der Waals surface area contributed by atoms with Gasteiger partial charge in [-0.05, 0) is 49.1 Å². The predicted molar refractivity (Wildman–Crippen MR) is 169 cm³/mol. The van der Waals surface area contributed by atoms with Gasteiger partial charge in [-0.1, -0.05) is 38.1 Å². The summed E-state index contributed by atoms with van der Waals surface area (Å²) in [4.78, 5) is 31.4. The van der Waals surface area contributed by atoms with Crippen molar-refractivity contribution in [2.24, 2.45) is 0 Å². The van der Waals surface area contributed by atoms with E-state index in [0.29, 0.717) is 5.56 Å². The van der Waals surface area contributed by atoms with E-state index in [1.165, 1.54) is 37.4 Å². The van der Waals surface area contributed by atoms with Crippen molar-refractivity contribution in [2.75, 3.05) is 19.8 Å². The van der Waals surface area contributed by atoms with E-state index in [4.69, 9.17) is 14.6 Å². The fourth-order valence-electron chi connectivity index (χ4n) is 4.70. The Labute approximate surface area is 276 Å². The lowest BCUT2D eigenvalue weighted by Crippen LogP contribution is -2.30. The van der Waals surface area contributed by atoms with Gasteiger partial charge in [0.05, 0.1) is 33.3 Å². The van der Waals surface area contributed by atoms with Crippen molar-refractivity contribution < 1.29 is 50.0 Å². The number of pyridine rings is 1. The average Bonchev–Trinajstić information content (AvgIpc) is 3.42. The number of rotatable bonds is 15. The van der Waals surface area contributed by atoms with Crippen LogP contribution in [-0.4, -0.2) is 69.5 Å². The lowest BCUT2D eigenvalue weighted by molar-refractivity contribution is -0.153. The molecule has 12 nitrogen and oxygen atoms in total. The molecule has 0 bridgehead atoms. The molecule has 0 saturated carbocycles. The van der Waals surface area contributed by atoms with E-state index in [0.717, 1.165) is 3.97 Å². The number of alkyl halides is 3. The zero-order valence-electron chi connectivity index (χ0n) is 26.1. The second-order valence-corrected chi connectivity index (χ2v) is 14.0. The van der Waals surface area contributed by atoms with Gasteiger partial charge in [0.15, 0.2) is 13.2 Å². The van der Waals surface area contributed by atoms with Crippen LogP contribution in [0.1, 0.15) is 49.4 Å². The Morgan fingerprint density at radius 2 is 1.79 bits per heavy atom. The molecule has 4 aromatic rings. The van der Waals surface area contributed by atoms with Gasteiger partial charge in [-0.3, -0.25) is 18.8 Å². The van der Waals surface area contributed by atoms with E-state index in [-0.39, 0.29) is 69.1 Å². The zero-order chi connectivity index (χ0) is 35.2. The van der Waals surface area contributed by atoms with Crippen LogP contribution in [0.2, 0.25) is 0 Å². The number of nitrogens with zero attached hydrogens (tertiary/aromatic N) is 3. The number of amides is 1. The molecule has 1 amide bonds. The molecule has 1 atom stereocenters. The van der Waals surface area contributed by atoms with Gasteiger partial charge in [0, 0.05) is 24.7 Å². The Morgan fingerprint density at radius 3 is 2.48 bits per heavy atom. The molecule has 48 heavy (non-hydrogen) atoms. The number of para-hydroxylation sites is 2. The fraction of sp³-hybridized carbons (Fsp3) is 0.355. The van der Waals surface area contributed by atoms with Crippen molar-refractivity contribution >= 4 is 43.7 Å². The summed E-state index contributed by atoms with van der Waals surface area (Å²) in [6.45, 7) is 2.95. The van der Waals surface area contributed by atoms with Crippen molar-refractivity contribution in [2.45, 2.75) is 61.5 Å². The van der Waals surface area contributed by atoms with Gasteiger partial charge in [-0.2, -0.15) is 13.2 Å². The quantitative estimate of drug-likeness (QED) is 0.165. The minimum atomic E-state index is -4.65. The van der Waals surface area contributed by atoms with E-state index < -0.39 is 57.8 Å². The van der Waals surface area contributed by atoms with Crippen LogP contribution in [0.25, 0.3) is 11.0 Å². The van der Waals surface area contributed by atoms with Crippen LogP contribution in [0.15, 0.2) is 64.8 Å². The second-order valence-electron chi connectivity index (χ2n) is 10.9. The molecule has 2 aromatic heterocycles. The number of benzene rings is 2. The summed E-state index contributed by atoms with van der Waals surface area (Å²) in [7, 11) is -6.85. The molecule has 4 rings (SSSR count). The smallest absolute Gasteiger partial charge is 0.422 e. The van der Waals surface area contributed by atoms with Crippen LogP contribution >= 0.6 is 0 Å². The summed E-state index contributed by atoms with van der Waals surface area (Å²) in [5, 5.41) is 10.9. The lowest BCUT2D eigenvalue weighted by Gasteiger charge is -2.19. The molecule has 0 spiro atoms. The van der Waals surface area contributed by atoms with Crippen LogP contribution < -0.4 is 14.8 Å². The molecule has 2 heterocycles. The predicted octanol–water partition coefficient (Wildman–Crippen LogP) is 4.71. The number of imidazole rings is 1. The fourth-order valence-corrected chi connectivity index (χ4v) is 8.22. The van der Waals surface area contributed by atoms with Gasteiger partial charge < -0.3 is 19.9 Å². The van der Waals surface area contributed by atoms with E-state index in [2.05, 4.69) is 15.3 Å². The highest BCUT2D eigenvalue weighted by atomic mass is 32.2. The van der Waals surface area contributed by atoms with Gasteiger partial charge in [0.1, 0.15) is 16.4 Å². The highest BCUT2D eigenvalue weighted by Crippen LogP contribution is 2.36. The molecule has 2 aromatic carbocycles. The number of hydrogen-bond donors (Lipinski definition) is 2. The third kappa shape index (κ3) is 8.69. The van der Waals surface area contributed by atoms with Crippen molar-refractivity contribution in [3.63, 3.8) is 0 Å². The largest absolute Gasteiger partial charge is 0.484 e. The zero-order valence-corrected chi connectivity index (χ0v) is 27.7. The summed E-state index contributed by atoms with van der Waals surface area (Å²) in [5.74, 6) is -2.62. The Hall–Kier alpha value is -4.51. The molecule has 17 heteroatoms. The summed E-state index contributed by atoms with van der Waals surface area (Å²) in [6, 6.07) is 12.0. The second kappa shape index (κ2) is 15.1. The molecule has 0 radical (unpaired) electrons. The highest BCUT2D eigenvalue weighted by Gasteiger charge is 2.33. The summed E-state index contributed by atoms with van der Waals surface area (Å²) < 4.78 is 93.0. The minimum Gasteiger partial charge on any atom is -0.484 e. The van der Waals surface area contributed by atoms with Gasteiger partial charge in [-0.25, -0.2) is 17.4 Å². The van der Waals surface area contributed by atoms with Crippen LogP contribution in [0, 0.1) is 6.92 Å². The van der Waals surface area contributed by atoms with Gasteiger partial charge >= 0.3 is 12.1 Å². The SMILES string of the molecule is Cc1c(OCC(F)(F)F)ccnc1CS(=O)c1nc2ccccc2n1S(=O)(=O)c1c(OCC(=O)NCCCC(=O)O)cccc1C(C)C. The molecule has 258 valence electrons. The van der Waals surface area contributed by atoms with E-state index >= 15 is 0 Å². The molecule has 0 aliphatic heterocycles. The molecule has 0 saturated heterocycles. The number of halogens is 3. The molecule has 1 unspecified atom stereocenters. The monoisotopic (exact) mass is 710 g/mol. The third-order valence-corrected chi connectivity index (χ3v) is 10.1. The maximum absolute atomic E-state index is 14.7. The number of carbonyl (C=O) groups is 2. The van der Waals surface area contributed by atoms with Crippen LogP contribution in [0.4, 0.5) is 13.2 Å².